The Labute approximate surface area is 91.2 Å². The molecule has 0 aliphatic carbocycles. The van der Waals surface area contributed by atoms with E-state index in [1.54, 1.807) is 26.3 Å². The van der Waals surface area contributed by atoms with E-state index in [9.17, 15) is 5.11 Å². The van der Waals surface area contributed by atoms with E-state index in [1.165, 1.54) is 0 Å². The quantitative estimate of drug-likeness (QED) is 0.858. The Kier molecular flexibility index (Phi) is 3.86. The van der Waals surface area contributed by atoms with Gasteiger partial charge in [0.15, 0.2) is 0 Å². The van der Waals surface area contributed by atoms with Gasteiger partial charge in [-0.15, -0.1) is 0 Å². The van der Waals surface area contributed by atoms with Gasteiger partial charge in [0.25, 0.3) is 0 Å². The van der Waals surface area contributed by atoms with Crippen molar-refractivity contribution in [3.05, 3.63) is 22.4 Å². The molecule has 5 heteroatoms. The van der Waals surface area contributed by atoms with Crippen LogP contribution in [0.5, 0.6) is 5.75 Å². The topological polar surface area (TPSA) is 68.4 Å². The third-order valence-corrected chi connectivity index (χ3v) is 2.46. The minimum Gasteiger partial charge on any atom is -0.495 e. The second kappa shape index (κ2) is 4.72. The summed E-state index contributed by atoms with van der Waals surface area (Å²) in [5.41, 5.74) is 6.07. The van der Waals surface area contributed by atoms with Gasteiger partial charge in [-0.2, -0.15) is 0 Å². The van der Waals surface area contributed by atoms with E-state index in [-0.39, 0.29) is 6.04 Å². The highest BCUT2D eigenvalue weighted by molar-refractivity contribution is 9.10. The predicted octanol–water partition coefficient (Wildman–Crippen LogP) is 1.23. The van der Waals surface area contributed by atoms with Crippen molar-refractivity contribution in [2.75, 3.05) is 7.11 Å². The number of hydrogen-bond donors (Lipinski definition) is 2. The summed E-state index contributed by atoms with van der Waals surface area (Å²) in [6, 6.07) is 1.31. The van der Waals surface area contributed by atoms with Gasteiger partial charge in [0.2, 0.25) is 0 Å². The third kappa shape index (κ3) is 2.43. The monoisotopic (exact) mass is 260 g/mol. The summed E-state index contributed by atoms with van der Waals surface area (Å²) in [6.07, 6.45) is 0.816. The molecule has 1 aromatic heterocycles. The second-order valence-corrected chi connectivity index (χ2v) is 3.90. The fourth-order valence-electron chi connectivity index (χ4n) is 1.02. The maximum atomic E-state index is 9.65. The maximum Gasteiger partial charge on any atom is 0.136 e. The van der Waals surface area contributed by atoms with Crippen LogP contribution >= 0.6 is 15.9 Å². The molecule has 78 valence electrons. The largest absolute Gasteiger partial charge is 0.495 e. The van der Waals surface area contributed by atoms with Crippen LogP contribution in [0.25, 0.3) is 0 Å². The van der Waals surface area contributed by atoms with Gasteiger partial charge in [-0.25, -0.2) is 0 Å². The Morgan fingerprint density at radius 2 is 2.29 bits per heavy atom. The molecule has 2 atom stereocenters. The molecule has 0 spiro atoms. The number of rotatable bonds is 3. The Morgan fingerprint density at radius 3 is 2.79 bits per heavy atom. The van der Waals surface area contributed by atoms with Crippen molar-refractivity contribution in [2.45, 2.75) is 19.1 Å². The molecule has 0 aromatic carbocycles. The number of nitrogens with zero attached hydrogens (tertiary/aromatic N) is 1. The first-order valence-corrected chi connectivity index (χ1v) is 4.98. The fourth-order valence-corrected chi connectivity index (χ4v) is 1.40. The molecule has 0 amide bonds. The minimum atomic E-state index is -0.767. The smallest absolute Gasteiger partial charge is 0.136 e. The Bertz CT molecular complexity index is 318. The zero-order chi connectivity index (χ0) is 10.7. The summed E-state index contributed by atoms with van der Waals surface area (Å²) in [4.78, 5) is 4.05. The third-order valence-electron chi connectivity index (χ3n) is 1.86. The number of pyridine rings is 1. The molecule has 0 aliphatic rings. The average Bonchev–Trinajstić information content (AvgIpc) is 2.17. The zero-order valence-electron chi connectivity index (χ0n) is 8.07. The van der Waals surface area contributed by atoms with Crippen molar-refractivity contribution in [3.8, 4) is 5.75 Å². The van der Waals surface area contributed by atoms with Crippen LogP contribution in [-0.2, 0) is 0 Å². The summed E-state index contributed by atoms with van der Waals surface area (Å²) in [5, 5.41) is 9.65. The molecule has 1 rings (SSSR count). The van der Waals surface area contributed by atoms with Gasteiger partial charge in [-0.05, 0) is 22.9 Å². The van der Waals surface area contributed by atoms with E-state index in [4.69, 9.17) is 10.5 Å². The van der Waals surface area contributed by atoms with Gasteiger partial charge in [-0.1, -0.05) is 0 Å². The van der Waals surface area contributed by atoms with Crippen molar-refractivity contribution in [2.24, 2.45) is 5.73 Å². The minimum absolute atomic E-state index is 0.353. The lowest BCUT2D eigenvalue weighted by atomic mass is 10.1. The van der Waals surface area contributed by atoms with Crippen molar-refractivity contribution in [1.82, 2.24) is 4.98 Å². The number of halogens is 1. The van der Waals surface area contributed by atoms with Gasteiger partial charge >= 0.3 is 0 Å². The van der Waals surface area contributed by atoms with Crippen molar-refractivity contribution < 1.29 is 9.84 Å². The summed E-state index contributed by atoms with van der Waals surface area (Å²) in [7, 11) is 1.56. The molecule has 2 unspecified atom stereocenters. The number of methoxy groups -OCH3 is 1. The molecule has 0 saturated carbocycles. The molecule has 0 aliphatic heterocycles. The lowest BCUT2D eigenvalue weighted by Crippen LogP contribution is -2.25. The van der Waals surface area contributed by atoms with Gasteiger partial charge in [0.1, 0.15) is 11.9 Å². The predicted molar refractivity (Wildman–Crippen MR) is 57.1 cm³/mol. The van der Waals surface area contributed by atoms with Crippen LogP contribution in [0, 0.1) is 0 Å². The van der Waals surface area contributed by atoms with Crippen LogP contribution in [-0.4, -0.2) is 23.2 Å². The van der Waals surface area contributed by atoms with E-state index in [0.29, 0.717) is 11.4 Å². The van der Waals surface area contributed by atoms with Crippen LogP contribution in [0.3, 0.4) is 0 Å². The highest BCUT2D eigenvalue weighted by Gasteiger charge is 2.15. The van der Waals surface area contributed by atoms with E-state index in [0.717, 1.165) is 4.47 Å². The summed E-state index contributed by atoms with van der Waals surface area (Å²) in [6.45, 7) is 1.72. The molecule has 1 aromatic rings. The first-order chi connectivity index (χ1) is 6.56. The van der Waals surface area contributed by atoms with E-state index < -0.39 is 6.10 Å². The van der Waals surface area contributed by atoms with Gasteiger partial charge in [-0.3, -0.25) is 4.98 Å². The Hall–Kier alpha value is -0.650. The molecule has 1 heterocycles. The number of aliphatic hydroxyl groups excluding tert-OH is 1. The lowest BCUT2D eigenvalue weighted by Gasteiger charge is -2.14. The number of hydrogen-bond acceptors (Lipinski definition) is 4. The van der Waals surface area contributed by atoms with Crippen LogP contribution in [0.1, 0.15) is 18.7 Å². The highest BCUT2D eigenvalue weighted by Crippen LogP contribution is 2.26. The number of aliphatic hydroxyl groups is 1. The molecule has 14 heavy (non-hydrogen) atoms. The standard InChI is InChI=1S/C9H13BrN2O2/c1-5(11)9(13)7-3-8(14-2)6(10)4-12-7/h3-5,9,13H,11H2,1-2H3. The molecule has 0 radical (unpaired) electrons. The molecule has 0 fully saturated rings. The van der Waals surface area contributed by atoms with Crippen LogP contribution in [0.2, 0.25) is 0 Å². The summed E-state index contributed by atoms with van der Waals surface area (Å²) >= 11 is 3.28. The maximum absolute atomic E-state index is 9.65. The zero-order valence-corrected chi connectivity index (χ0v) is 9.65. The Morgan fingerprint density at radius 1 is 1.64 bits per heavy atom. The molecule has 0 saturated heterocycles. The van der Waals surface area contributed by atoms with Crippen LogP contribution < -0.4 is 10.5 Å². The average molecular weight is 261 g/mol. The van der Waals surface area contributed by atoms with Crippen LogP contribution in [0.15, 0.2) is 16.7 Å². The molecule has 3 N–H and O–H groups in total. The molecular weight excluding hydrogens is 248 g/mol. The molecular formula is C9H13BrN2O2. The summed E-state index contributed by atoms with van der Waals surface area (Å²) in [5.74, 6) is 0.634. The highest BCUT2D eigenvalue weighted by atomic mass is 79.9. The SMILES string of the molecule is COc1cc(C(O)C(C)N)ncc1Br. The van der Waals surface area contributed by atoms with Gasteiger partial charge < -0.3 is 15.6 Å². The number of aromatic nitrogens is 1. The first kappa shape index (κ1) is 11.4. The van der Waals surface area contributed by atoms with Crippen molar-refractivity contribution in [1.29, 1.82) is 0 Å². The lowest BCUT2D eigenvalue weighted by molar-refractivity contribution is 0.148. The van der Waals surface area contributed by atoms with Gasteiger partial charge in [0, 0.05) is 18.3 Å². The van der Waals surface area contributed by atoms with Crippen molar-refractivity contribution in [3.63, 3.8) is 0 Å². The normalized spacial score (nSPS) is 14.9. The van der Waals surface area contributed by atoms with E-state index >= 15 is 0 Å². The van der Waals surface area contributed by atoms with E-state index in [1.807, 2.05) is 0 Å². The number of nitrogens with two attached hydrogens (primary N) is 1. The first-order valence-electron chi connectivity index (χ1n) is 4.19. The van der Waals surface area contributed by atoms with Gasteiger partial charge in [0.05, 0.1) is 17.3 Å². The summed E-state index contributed by atoms with van der Waals surface area (Å²) < 4.78 is 5.83. The van der Waals surface area contributed by atoms with Crippen LogP contribution in [0.4, 0.5) is 0 Å². The second-order valence-electron chi connectivity index (χ2n) is 3.05. The Balaban J connectivity index is 3.00. The van der Waals surface area contributed by atoms with Crippen molar-refractivity contribution >= 4 is 15.9 Å². The molecule has 4 nitrogen and oxygen atoms in total. The fraction of sp³-hybridized carbons (Fsp3) is 0.444. The van der Waals surface area contributed by atoms with E-state index in [2.05, 4.69) is 20.9 Å². The molecule has 0 bridgehead atoms. The number of ether oxygens (including phenoxy) is 1.